The molecule has 0 aliphatic rings. The summed E-state index contributed by atoms with van der Waals surface area (Å²) in [6, 6.07) is 14.2. The molecule has 0 saturated heterocycles. The lowest BCUT2D eigenvalue weighted by molar-refractivity contribution is 0.0697. The predicted octanol–water partition coefficient (Wildman–Crippen LogP) is 2.18. The van der Waals surface area contributed by atoms with E-state index < -0.39 is 5.97 Å². The molecule has 0 saturated carbocycles. The third kappa shape index (κ3) is 2.32. The van der Waals surface area contributed by atoms with Crippen LogP contribution in [0.15, 0.2) is 42.5 Å². The minimum absolute atomic E-state index is 0.180. The van der Waals surface area contributed by atoms with Gasteiger partial charge in [0, 0.05) is 0 Å². The Kier molecular flexibility index (Phi) is 3.09. The smallest absolute Gasteiger partial charge is 0.335 e. The molecule has 1 N–H and O–H groups in total. The highest BCUT2D eigenvalue weighted by atomic mass is 16.4. The minimum Gasteiger partial charge on any atom is -0.478 e. The lowest BCUT2D eigenvalue weighted by Crippen LogP contribution is -1.98. The van der Waals surface area contributed by atoms with Crippen LogP contribution in [0.1, 0.15) is 15.9 Å². The third-order valence-electron chi connectivity index (χ3n) is 3.16. The van der Waals surface area contributed by atoms with Gasteiger partial charge in [0.05, 0.1) is 29.3 Å². The van der Waals surface area contributed by atoms with Crippen LogP contribution in [0.3, 0.4) is 0 Å². The molecule has 0 aliphatic carbocycles. The van der Waals surface area contributed by atoms with Crippen LogP contribution in [-0.2, 0) is 6.42 Å². The van der Waals surface area contributed by atoms with E-state index in [1.54, 1.807) is 10.7 Å². The van der Waals surface area contributed by atoms with E-state index in [-0.39, 0.29) is 5.56 Å². The molecule has 6 nitrogen and oxygen atoms in total. The first-order valence-electron chi connectivity index (χ1n) is 6.24. The van der Waals surface area contributed by atoms with Gasteiger partial charge in [-0.1, -0.05) is 17.3 Å². The van der Waals surface area contributed by atoms with Gasteiger partial charge in [-0.3, -0.25) is 0 Å². The van der Waals surface area contributed by atoms with Crippen molar-refractivity contribution in [2.75, 3.05) is 0 Å². The molecule has 0 fully saturated rings. The number of carboxylic acids is 1. The molecule has 2 aromatic carbocycles. The normalized spacial score (nSPS) is 10.4. The number of benzene rings is 2. The van der Waals surface area contributed by atoms with Crippen LogP contribution in [-0.4, -0.2) is 26.1 Å². The number of carboxylic acid groups (broad SMARTS) is 1. The Labute approximate surface area is 119 Å². The van der Waals surface area contributed by atoms with E-state index in [0.717, 1.165) is 16.8 Å². The number of carbonyl (C=O) groups is 1. The summed E-state index contributed by atoms with van der Waals surface area (Å²) in [5.74, 6) is -0.993. The number of hydrogen-bond donors (Lipinski definition) is 1. The van der Waals surface area contributed by atoms with Crippen LogP contribution in [0.4, 0.5) is 0 Å². The molecule has 0 spiro atoms. The van der Waals surface area contributed by atoms with Crippen LogP contribution < -0.4 is 0 Å². The molecule has 6 heteroatoms. The Morgan fingerprint density at radius 3 is 2.67 bits per heavy atom. The van der Waals surface area contributed by atoms with Gasteiger partial charge in [-0.2, -0.15) is 5.26 Å². The summed E-state index contributed by atoms with van der Waals surface area (Å²) >= 11 is 0. The lowest BCUT2D eigenvalue weighted by Gasteiger charge is -2.03. The van der Waals surface area contributed by atoms with E-state index in [1.165, 1.54) is 12.1 Å². The van der Waals surface area contributed by atoms with Gasteiger partial charge in [-0.05, 0) is 35.9 Å². The van der Waals surface area contributed by atoms with Gasteiger partial charge in [0.15, 0.2) is 0 Å². The highest BCUT2D eigenvalue weighted by Gasteiger charge is 2.10. The van der Waals surface area contributed by atoms with Gasteiger partial charge in [0.1, 0.15) is 5.52 Å². The second-order valence-corrected chi connectivity index (χ2v) is 4.51. The van der Waals surface area contributed by atoms with Crippen molar-refractivity contribution in [2.24, 2.45) is 0 Å². The fourth-order valence-corrected chi connectivity index (χ4v) is 2.09. The maximum atomic E-state index is 10.9. The van der Waals surface area contributed by atoms with Gasteiger partial charge in [0.2, 0.25) is 0 Å². The fourth-order valence-electron chi connectivity index (χ4n) is 2.09. The first-order chi connectivity index (χ1) is 10.2. The van der Waals surface area contributed by atoms with E-state index in [2.05, 4.69) is 16.4 Å². The van der Waals surface area contributed by atoms with Crippen molar-refractivity contribution in [1.29, 1.82) is 5.26 Å². The van der Waals surface area contributed by atoms with Crippen molar-refractivity contribution in [3.05, 3.63) is 53.6 Å². The molecule has 102 valence electrons. The van der Waals surface area contributed by atoms with Crippen molar-refractivity contribution in [2.45, 2.75) is 6.42 Å². The van der Waals surface area contributed by atoms with Crippen LogP contribution in [0.5, 0.6) is 0 Å². The Bertz CT molecular complexity index is 860. The quantitative estimate of drug-likeness (QED) is 0.792. The highest BCUT2D eigenvalue weighted by Crippen LogP contribution is 2.18. The Morgan fingerprint density at radius 1 is 1.24 bits per heavy atom. The monoisotopic (exact) mass is 278 g/mol. The van der Waals surface area contributed by atoms with Crippen molar-refractivity contribution in [3.63, 3.8) is 0 Å². The minimum atomic E-state index is -0.993. The first-order valence-corrected chi connectivity index (χ1v) is 6.24. The zero-order valence-corrected chi connectivity index (χ0v) is 10.9. The van der Waals surface area contributed by atoms with Crippen LogP contribution in [0.2, 0.25) is 0 Å². The Balaban J connectivity index is 2.04. The Hall–Kier alpha value is -3.20. The molecule has 0 radical (unpaired) electrons. The number of nitrogens with zero attached hydrogens (tertiary/aromatic N) is 4. The zero-order chi connectivity index (χ0) is 14.8. The van der Waals surface area contributed by atoms with Gasteiger partial charge in [0.25, 0.3) is 0 Å². The average Bonchev–Trinajstić information content (AvgIpc) is 2.91. The molecular formula is C15H10N4O2. The number of aromatic carboxylic acids is 1. The summed E-state index contributed by atoms with van der Waals surface area (Å²) < 4.78 is 1.64. The number of fused-ring (bicyclic) bond motifs is 1. The predicted molar refractivity (Wildman–Crippen MR) is 75.1 cm³/mol. The highest BCUT2D eigenvalue weighted by molar-refractivity contribution is 5.92. The standard InChI is InChI=1S/C15H10N4O2/c16-8-7-10-1-4-12(5-2-10)19-14-6-3-11(15(20)21)9-13(14)17-18-19/h1-6,9H,7H2,(H,20,21). The van der Waals surface area contributed by atoms with E-state index in [4.69, 9.17) is 10.4 Å². The van der Waals surface area contributed by atoms with E-state index in [9.17, 15) is 4.79 Å². The van der Waals surface area contributed by atoms with Gasteiger partial charge in [-0.25, -0.2) is 9.48 Å². The molecule has 1 heterocycles. The summed E-state index contributed by atoms with van der Waals surface area (Å²) in [5.41, 5.74) is 3.17. The van der Waals surface area contributed by atoms with Crippen molar-refractivity contribution in [3.8, 4) is 11.8 Å². The maximum Gasteiger partial charge on any atom is 0.335 e. The van der Waals surface area contributed by atoms with E-state index >= 15 is 0 Å². The van der Waals surface area contributed by atoms with Crippen LogP contribution in [0, 0.1) is 11.3 Å². The first kappa shape index (κ1) is 12.8. The second kappa shape index (κ2) is 5.06. The molecule has 0 bridgehead atoms. The third-order valence-corrected chi connectivity index (χ3v) is 3.16. The lowest BCUT2D eigenvalue weighted by atomic mass is 10.1. The number of rotatable bonds is 3. The second-order valence-electron chi connectivity index (χ2n) is 4.51. The molecule has 0 aliphatic heterocycles. The molecule has 1 aromatic heterocycles. The molecular weight excluding hydrogens is 268 g/mol. The van der Waals surface area contributed by atoms with Crippen LogP contribution >= 0.6 is 0 Å². The van der Waals surface area contributed by atoms with E-state index in [0.29, 0.717) is 11.9 Å². The average molecular weight is 278 g/mol. The number of hydrogen-bond acceptors (Lipinski definition) is 4. The Morgan fingerprint density at radius 2 is 2.00 bits per heavy atom. The molecule has 3 rings (SSSR count). The van der Waals surface area contributed by atoms with Crippen molar-refractivity contribution in [1.82, 2.24) is 15.0 Å². The summed E-state index contributed by atoms with van der Waals surface area (Å²) in [6.07, 6.45) is 0.361. The fraction of sp³-hybridized carbons (Fsp3) is 0.0667. The zero-order valence-electron chi connectivity index (χ0n) is 10.9. The van der Waals surface area contributed by atoms with Crippen molar-refractivity contribution < 1.29 is 9.90 Å². The molecule has 0 amide bonds. The SMILES string of the molecule is N#CCc1ccc(-n2nnc3cc(C(=O)O)ccc32)cc1. The molecule has 21 heavy (non-hydrogen) atoms. The molecule has 3 aromatic rings. The number of aromatic nitrogens is 3. The van der Waals surface area contributed by atoms with Gasteiger partial charge >= 0.3 is 5.97 Å². The summed E-state index contributed by atoms with van der Waals surface area (Å²) in [4.78, 5) is 10.9. The summed E-state index contributed by atoms with van der Waals surface area (Å²) in [7, 11) is 0. The van der Waals surface area contributed by atoms with Crippen LogP contribution in [0.25, 0.3) is 16.7 Å². The summed E-state index contributed by atoms with van der Waals surface area (Å²) in [6.45, 7) is 0. The van der Waals surface area contributed by atoms with E-state index in [1.807, 2.05) is 24.3 Å². The maximum absolute atomic E-state index is 10.9. The summed E-state index contributed by atoms with van der Waals surface area (Å²) in [5, 5.41) is 25.7. The largest absolute Gasteiger partial charge is 0.478 e. The van der Waals surface area contributed by atoms with Gasteiger partial charge in [-0.15, -0.1) is 5.10 Å². The van der Waals surface area contributed by atoms with Crippen molar-refractivity contribution >= 4 is 17.0 Å². The molecule has 0 unspecified atom stereocenters. The topological polar surface area (TPSA) is 91.8 Å². The van der Waals surface area contributed by atoms with Gasteiger partial charge < -0.3 is 5.11 Å². The molecule has 0 atom stereocenters. The number of nitriles is 1.